The molecule has 2 atom stereocenters. The summed E-state index contributed by atoms with van der Waals surface area (Å²) in [5.74, 6) is 1.51. The lowest BCUT2D eigenvalue weighted by Gasteiger charge is -2.34. The number of aliphatic imine (C=N–C) groups is 1. The van der Waals surface area contributed by atoms with Crippen LogP contribution in [0.1, 0.15) is 25.7 Å². The van der Waals surface area contributed by atoms with Crippen LogP contribution in [0.3, 0.4) is 0 Å². The Kier molecular flexibility index (Phi) is 1.72. The lowest BCUT2D eigenvalue weighted by Crippen LogP contribution is -2.46. The van der Waals surface area contributed by atoms with Crippen LogP contribution in [-0.2, 0) is 4.79 Å². The van der Waals surface area contributed by atoms with Crippen LogP contribution in [0.25, 0.3) is 0 Å². The van der Waals surface area contributed by atoms with E-state index in [9.17, 15) is 4.79 Å². The van der Waals surface area contributed by atoms with E-state index in [0.29, 0.717) is 5.91 Å². The van der Waals surface area contributed by atoms with Gasteiger partial charge in [0.25, 0.3) is 0 Å². The van der Waals surface area contributed by atoms with Crippen molar-refractivity contribution in [1.29, 1.82) is 0 Å². The van der Waals surface area contributed by atoms with Gasteiger partial charge in [-0.3, -0.25) is 9.79 Å². The Morgan fingerprint density at radius 2 is 2.21 bits per heavy atom. The van der Waals surface area contributed by atoms with Crippen molar-refractivity contribution in [2.75, 3.05) is 6.54 Å². The van der Waals surface area contributed by atoms with E-state index < -0.39 is 0 Å². The molecule has 0 aromatic rings. The van der Waals surface area contributed by atoms with Gasteiger partial charge in [-0.05, 0) is 19.3 Å². The summed E-state index contributed by atoms with van der Waals surface area (Å²) in [7, 11) is 0. The van der Waals surface area contributed by atoms with E-state index in [1.165, 1.54) is 0 Å². The minimum atomic E-state index is 0.141. The summed E-state index contributed by atoms with van der Waals surface area (Å²) in [4.78, 5) is 18.6. The fourth-order valence-corrected chi connectivity index (χ4v) is 2.63. The topological polar surface area (TPSA) is 32.7 Å². The summed E-state index contributed by atoms with van der Waals surface area (Å²) in [6.07, 6.45) is 8.21. The molecule has 3 aliphatic rings. The molecule has 0 aromatic carbocycles. The first-order valence-electron chi connectivity index (χ1n) is 5.39. The first-order chi connectivity index (χ1) is 6.86. The van der Waals surface area contributed by atoms with E-state index >= 15 is 0 Å². The van der Waals surface area contributed by atoms with Crippen LogP contribution < -0.4 is 0 Å². The number of rotatable bonds is 0. The van der Waals surface area contributed by atoms with Crippen molar-refractivity contribution >= 4 is 11.7 Å². The number of allylic oxidation sites excluding steroid dienone is 1. The molecule has 14 heavy (non-hydrogen) atoms. The van der Waals surface area contributed by atoms with Gasteiger partial charge in [0.2, 0.25) is 5.91 Å². The molecule has 0 spiro atoms. The highest BCUT2D eigenvalue weighted by Gasteiger charge is 2.39. The highest BCUT2D eigenvalue weighted by atomic mass is 16.2. The van der Waals surface area contributed by atoms with Gasteiger partial charge in [-0.2, -0.15) is 0 Å². The molecule has 1 saturated heterocycles. The molecule has 1 amide bonds. The van der Waals surface area contributed by atoms with Crippen molar-refractivity contribution in [2.24, 2.45) is 10.9 Å². The van der Waals surface area contributed by atoms with Gasteiger partial charge < -0.3 is 4.90 Å². The van der Waals surface area contributed by atoms with Gasteiger partial charge in [-0.25, -0.2) is 0 Å². The third-order valence-corrected chi connectivity index (χ3v) is 3.39. The van der Waals surface area contributed by atoms with Gasteiger partial charge >= 0.3 is 0 Å². The van der Waals surface area contributed by atoms with Gasteiger partial charge in [-0.15, -0.1) is 0 Å². The Bertz CT molecular complexity index is 332. The fourth-order valence-electron chi connectivity index (χ4n) is 2.63. The molecule has 0 aromatic heterocycles. The molecule has 2 aliphatic heterocycles. The zero-order valence-electron chi connectivity index (χ0n) is 8.15. The third-order valence-electron chi connectivity index (χ3n) is 3.39. The molecular formula is C11H14N2O. The SMILES string of the molecule is O=C1[C@H]2CC=CC[C@H]2N=C2CCCN12. The molecule has 0 unspecified atom stereocenters. The predicted molar refractivity (Wildman–Crippen MR) is 54.0 cm³/mol. The minimum Gasteiger partial charge on any atom is -0.300 e. The quantitative estimate of drug-likeness (QED) is 0.531. The van der Waals surface area contributed by atoms with E-state index in [1.807, 2.05) is 4.90 Å². The average molecular weight is 190 g/mol. The van der Waals surface area contributed by atoms with Crippen LogP contribution in [0.4, 0.5) is 0 Å². The minimum absolute atomic E-state index is 0.141. The highest BCUT2D eigenvalue weighted by molar-refractivity contribution is 6.02. The molecule has 2 heterocycles. The number of fused-ring (bicyclic) bond motifs is 2. The number of carbonyl (C=O) groups is 1. The van der Waals surface area contributed by atoms with Gasteiger partial charge in [0, 0.05) is 13.0 Å². The predicted octanol–water partition coefficient (Wildman–Crippen LogP) is 1.36. The normalized spacial score (nSPS) is 35.3. The smallest absolute Gasteiger partial charge is 0.233 e. The van der Waals surface area contributed by atoms with Crippen molar-refractivity contribution in [2.45, 2.75) is 31.7 Å². The van der Waals surface area contributed by atoms with Gasteiger partial charge in [0.15, 0.2) is 0 Å². The average Bonchev–Trinajstić information content (AvgIpc) is 2.66. The largest absolute Gasteiger partial charge is 0.300 e. The van der Waals surface area contributed by atoms with Crippen LogP contribution in [-0.4, -0.2) is 29.2 Å². The Hall–Kier alpha value is -1.12. The van der Waals surface area contributed by atoms with E-state index in [2.05, 4.69) is 17.1 Å². The zero-order chi connectivity index (χ0) is 9.54. The summed E-state index contributed by atoms with van der Waals surface area (Å²) in [6, 6.07) is 0.247. The molecule has 3 heteroatoms. The second-order valence-corrected chi connectivity index (χ2v) is 4.26. The van der Waals surface area contributed by atoms with Crippen molar-refractivity contribution in [3.8, 4) is 0 Å². The van der Waals surface area contributed by atoms with E-state index in [1.54, 1.807) is 0 Å². The summed E-state index contributed by atoms with van der Waals surface area (Å²) in [6.45, 7) is 0.893. The molecule has 0 bridgehead atoms. The van der Waals surface area contributed by atoms with E-state index in [4.69, 9.17) is 0 Å². The summed E-state index contributed by atoms with van der Waals surface area (Å²) >= 11 is 0. The molecule has 3 nitrogen and oxygen atoms in total. The molecule has 1 fully saturated rings. The lowest BCUT2D eigenvalue weighted by molar-refractivity contribution is -0.132. The van der Waals surface area contributed by atoms with Crippen LogP contribution in [0.15, 0.2) is 17.1 Å². The van der Waals surface area contributed by atoms with Crippen molar-refractivity contribution < 1.29 is 4.79 Å². The van der Waals surface area contributed by atoms with Crippen LogP contribution in [0.2, 0.25) is 0 Å². The number of carbonyl (C=O) groups excluding carboxylic acids is 1. The van der Waals surface area contributed by atoms with Crippen LogP contribution >= 0.6 is 0 Å². The molecule has 3 rings (SSSR count). The highest BCUT2D eigenvalue weighted by Crippen LogP contribution is 2.31. The van der Waals surface area contributed by atoms with E-state index in [0.717, 1.165) is 38.1 Å². The molecular weight excluding hydrogens is 176 g/mol. The lowest BCUT2D eigenvalue weighted by atomic mass is 9.87. The Balaban J connectivity index is 1.97. The second-order valence-electron chi connectivity index (χ2n) is 4.26. The summed E-state index contributed by atoms with van der Waals surface area (Å²) in [5.41, 5.74) is 0. The van der Waals surface area contributed by atoms with Crippen LogP contribution in [0, 0.1) is 5.92 Å². The van der Waals surface area contributed by atoms with E-state index in [-0.39, 0.29) is 12.0 Å². The fraction of sp³-hybridized carbons (Fsp3) is 0.636. The third kappa shape index (κ3) is 1.04. The second kappa shape index (κ2) is 2.94. The Labute approximate surface area is 83.5 Å². The number of amidine groups is 1. The van der Waals surface area contributed by atoms with Gasteiger partial charge in [0.1, 0.15) is 5.84 Å². The van der Waals surface area contributed by atoms with Crippen molar-refractivity contribution in [3.05, 3.63) is 12.2 Å². The molecule has 0 N–H and O–H groups in total. The van der Waals surface area contributed by atoms with Crippen molar-refractivity contribution in [1.82, 2.24) is 4.90 Å². The summed E-state index contributed by atoms with van der Waals surface area (Å²) < 4.78 is 0. The Morgan fingerprint density at radius 3 is 3.14 bits per heavy atom. The first kappa shape index (κ1) is 8.21. The Morgan fingerprint density at radius 1 is 1.36 bits per heavy atom. The maximum absolute atomic E-state index is 12.1. The zero-order valence-corrected chi connectivity index (χ0v) is 8.15. The first-order valence-corrected chi connectivity index (χ1v) is 5.39. The standard InChI is InChI=1S/C11H14N2O/c14-11-8-4-1-2-5-9(8)12-10-6-3-7-13(10)11/h1-2,8-9H,3-7H2/t8-,9+/m0/s1. The molecule has 1 aliphatic carbocycles. The van der Waals surface area contributed by atoms with Crippen molar-refractivity contribution in [3.63, 3.8) is 0 Å². The van der Waals surface area contributed by atoms with Gasteiger partial charge in [0.05, 0.1) is 12.0 Å². The maximum atomic E-state index is 12.1. The number of hydrogen-bond donors (Lipinski definition) is 0. The summed E-state index contributed by atoms with van der Waals surface area (Å²) in [5, 5.41) is 0. The molecule has 74 valence electrons. The molecule has 0 radical (unpaired) electrons. The maximum Gasteiger partial charge on any atom is 0.233 e. The van der Waals surface area contributed by atoms with Gasteiger partial charge in [-0.1, -0.05) is 12.2 Å². The molecule has 0 saturated carbocycles. The number of hydrogen-bond acceptors (Lipinski definition) is 2. The monoisotopic (exact) mass is 190 g/mol. The van der Waals surface area contributed by atoms with Crippen LogP contribution in [0.5, 0.6) is 0 Å². The number of amides is 1. The number of nitrogens with zero attached hydrogens (tertiary/aromatic N) is 2.